The molecule has 0 atom stereocenters. The Balaban J connectivity index is 2.22. The Labute approximate surface area is 143 Å². The molecule has 6 heteroatoms. The number of nitrogens with zero attached hydrogens (tertiary/aromatic N) is 2. The van der Waals surface area contributed by atoms with Gasteiger partial charge in [0.05, 0.1) is 26.4 Å². The molecule has 3 heterocycles. The summed E-state index contributed by atoms with van der Waals surface area (Å²) in [5.74, 6) is 0. The number of hydrogen-bond acceptors (Lipinski definition) is 4. The third kappa shape index (κ3) is 1.69. The lowest BCUT2D eigenvalue weighted by Crippen LogP contribution is -2.20. The second-order valence-corrected chi connectivity index (χ2v) is 8.05. The number of fused-ring (bicyclic) bond motifs is 4. The molecule has 0 amide bonds. The lowest BCUT2D eigenvalue weighted by molar-refractivity contribution is 0.594. The van der Waals surface area contributed by atoms with Crippen molar-refractivity contribution >= 4 is 31.8 Å². The van der Waals surface area contributed by atoms with Gasteiger partial charge >= 0.3 is 0 Å². The maximum Gasteiger partial charge on any atom is 0.210 e. The molecule has 0 bridgehead atoms. The first-order chi connectivity index (χ1) is 12.0. The van der Waals surface area contributed by atoms with Gasteiger partial charge in [-0.1, -0.05) is 12.1 Å². The molecule has 2 aromatic heterocycles. The zero-order valence-electron chi connectivity index (χ0n) is 13.2. The van der Waals surface area contributed by atoms with E-state index < -0.39 is 9.84 Å². The average molecular weight is 348 g/mol. The molecule has 5 nitrogen and oxygen atoms in total. The van der Waals surface area contributed by atoms with E-state index in [-0.39, 0.29) is 15.2 Å². The molecule has 0 radical (unpaired) electrons. The summed E-state index contributed by atoms with van der Waals surface area (Å²) in [6, 6.07) is 13.5. The second kappa shape index (κ2) is 4.55. The van der Waals surface area contributed by atoms with E-state index in [2.05, 4.69) is 4.98 Å². The van der Waals surface area contributed by atoms with Gasteiger partial charge in [-0.15, -0.1) is 0 Å². The molecule has 0 saturated heterocycles. The number of sulfone groups is 1. The van der Waals surface area contributed by atoms with Gasteiger partial charge in [-0.05, 0) is 48.9 Å². The van der Waals surface area contributed by atoms with E-state index in [9.17, 15) is 13.2 Å². The van der Waals surface area contributed by atoms with Crippen LogP contribution in [0.2, 0.25) is 0 Å². The molecule has 0 saturated carbocycles. The molecule has 1 aliphatic rings. The highest BCUT2D eigenvalue weighted by Crippen LogP contribution is 2.39. The normalized spacial score (nSPS) is 14.6. The Morgan fingerprint density at radius 1 is 0.960 bits per heavy atom. The number of para-hydroxylation sites is 1. The van der Waals surface area contributed by atoms with Gasteiger partial charge in [-0.25, -0.2) is 13.4 Å². The minimum absolute atomic E-state index is 0.144. The van der Waals surface area contributed by atoms with Crippen molar-refractivity contribution in [1.29, 1.82) is 0 Å². The Kier molecular flexibility index (Phi) is 2.61. The van der Waals surface area contributed by atoms with E-state index in [1.165, 1.54) is 0 Å². The SMILES string of the molecule is Cc1ccc2c(c1)-n1c3ncccc3c(=O)c3cccc(c31)S2(=O)=O. The van der Waals surface area contributed by atoms with Crippen LogP contribution < -0.4 is 5.43 Å². The van der Waals surface area contributed by atoms with Gasteiger partial charge in [0.25, 0.3) is 0 Å². The van der Waals surface area contributed by atoms with Crippen LogP contribution in [0.4, 0.5) is 0 Å². The van der Waals surface area contributed by atoms with Crippen LogP contribution in [0.3, 0.4) is 0 Å². The number of aromatic nitrogens is 2. The van der Waals surface area contributed by atoms with Crippen LogP contribution in [0.15, 0.2) is 69.3 Å². The van der Waals surface area contributed by atoms with E-state index in [0.29, 0.717) is 27.6 Å². The number of aryl methyl sites for hydroxylation is 1. The van der Waals surface area contributed by atoms with Crippen molar-refractivity contribution in [1.82, 2.24) is 9.55 Å². The molecule has 0 unspecified atom stereocenters. The summed E-state index contributed by atoms with van der Waals surface area (Å²) in [4.78, 5) is 17.6. The van der Waals surface area contributed by atoms with Gasteiger partial charge in [0.1, 0.15) is 5.65 Å². The molecule has 2 aromatic carbocycles. The predicted octanol–water partition coefficient (Wildman–Crippen LogP) is 2.99. The van der Waals surface area contributed by atoms with Crippen molar-refractivity contribution < 1.29 is 8.42 Å². The number of hydrogen-bond donors (Lipinski definition) is 0. The van der Waals surface area contributed by atoms with Crippen LogP contribution in [0.5, 0.6) is 0 Å². The Morgan fingerprint density at radius 3 is 2.60 bits per heavy atom. The molecular weight excluding hydrogens is 336 g/mol. The predicted molar refractivity (Wildman–Crippen MR) is 95.0 cm³/mol. The molecule has 5 rings (SSSR count). The van der Waals surface area contributed by atoms with Gasteiger partial charge < -0.3 is 0 Å². The van der Waals surface area contributed by atoms with Gasteiger partial charge in [0.15, 0.2) is 5.43 Å². The molecule has 25 heavy (non-hydrogen) atoms. The number of benzene rings is 2. The molecule has 0 fully saturated rings. The molecular formula is C19H12N2O3S. The molecule has 0 aliphatic carbocycles. The van der Waals surface area contributed by atoms with Gasteiger partial charge in [-0.3, -0.25) is 9.36 Å². The summed E-state index contributed by atoms with van der Waals surface area (Å²) in [6.45, 7) is 1.91. The van der Waals surface area contributed by atoms with Crippen molar-refractivity contribution in [3.63, 3.8) is 0 Å². The highest BCUT2D eigenvalue weighted by atomic mass is 32.2. The van der Waals surface area contributed by atoms with Crippen LogP contribution in [0, 0.1) is 6.92 Å². The first-order valence-corrected chi connectivity index (χ1v) is 9.27. The van der Waals surface area contributed by atoms with E-state index in [4.69, 9.17) is 0 Å². The number of pyridine rings is 2. The number of rotatable bonds is 0. The van der Waals surface area contributed by atoms with Gasteiger partial charge in [0.2, 0.25) is 9.84 Å². The maximum absolute atomic E-state index is 13.1. The standard InChI is InChI=1S/C19H12N2O3S/c1-11-7-8-15-14(10-11)21-17-12(4-2-6-16(17)25(15,23)24)18(22)13-5-3-9-20-19(13)21/h2-10H,1H3. The average Bonchev–Trinajstić information content (AvgIpc) is 2.61. The minimum Gasteiger partial charge on any atom is -0.291 e. The van der Waals surface area contributed by atoms with Gasteiger partial charge in [-0.2, -0.15) is 0 Å². The third-order valence-corrected chi connectivity index (χ3v) is 6.48. The van der Waals surface area contributed by atoms with Crippen LogP contribution >= 0.6 is 0 Å². The van der Waals surface area contributed by atoms with Crippen molar-refractivity contribution in [3.05, 3.63) is 70.5 Å². The largest absolute Gasteiger partial charge is 0.291 e. The minimum atomic E-state index is -3.70. The Hall–Kier alpha value is -2.99. The van der Waals surface area contributed by atoms with Crippen molar-refractivity contribution in [2.45, 2.75) is 16.7 Å². The fourth-order valence-electron chi connectivity index (χ4n) is 3.54. The molecule has 1 aliphatic heterocycles. The lowest BCUT2D eigenvalue weighted by atomic mass is 10.1. The lowest BCUT2D eigenvalue weighted by Gasteiger charge is -2.24. The van der Waals surface area contributed by atoms with E-state index in [0.717, 1.165) is 5.56 Å². The molecule has 0 N–H and O–H groups in total. The topological polar surface area (TPSA) is 69.0 Å². The zero-order chi connectivity index (χ0) is 17.3. The molecule has 0 spiro atoms. The van der Waals surface area contributed by atoms with Crippen LogP contribution in [-0.4, -0.2) is 18.0 Å². The first-order valence-electron chi connectivity index (χ1n) is 7.79. The zero-order valence-corrected chi connectivity index (χ0v) is 14.0. The van der Waals surface area contributed by atoms with E-state index in [1.807, 2.05) is 13.0 Å². The summed E-state index contributed by atoms with van der Waals surface area (Å²) in [5.41, 5.74) is 2.13. The van der Waals surface area contributed by atoms with E-state index >= 15 is 0 Å². The smallest absolute Gasteiger partial charge is 0.210 e. The van der Waals surface area contributed by atoms with Crippen molar-refractivity contribution in [2.24, 2.45) is 0 Å². The first kappa shape index (κ1) is 14.4. The van der Waals surface area contributed by atoms with E-state index in [1.54, 1.807) is 53.2 Å². The summed E-state index contributed by atoms with van der Waals surface area (Å²) in [7, 11) is -3.70. The fourth-order valence-corrected chi connectivity index (χ4v) is 5.16. The van der Waals surface area contributed by atoms with Crippen LogP contribution in [0.25, 0.3) is 27.6 Å². The van der Waals surface area contributed by atoms with Crippen molar-refractivity contribution in [3.8, 4) is 5.69 Å². The summed E-state index contributed by atoms with van der Waals surface area (Å²) in [5, 5.41) is 0.854. The molecule has 4 aromatic rings. The second-order valence-electron chi connectivity index (χ2n) is 6.17. The third-order valence-electron chi connectivity index (χ3n) is 4.64. The maximum atomic E-state index is 13.1. The highest BCUT2D eigenvalue weighted by Gasteiger charge is 2.32. The monoisotopic (exact) mass is 348 g/mol. The highest BCUT2D eigenvalue weighted by molar-refractivity contribution is 7.92. The van der Waals surface area contributed by atoms with Crippen LogP contribution in [-0.2, 0) is 9.84 Å². The fraction of sp³-hybridized carbons (Fsp3) is 0.0526. The summed E-state index contributed by atoms with van der Waals surface area (Å²) < 4.78 is 28.0. The summed E-state index contributed by atoms with van der Waals surface area (Å²) >= 11 is 0. The quantitative estimate of drug-likeness (QED) is 0.404. The van der Waals surface area contributed by atoms with Crippen LogP contribution in [0.1, 0.15) is 5.56 Å². The van der Waals surface area contributed by atoms with Gasteiger partial charge in [0, 0.05) is 11.6 Å². The summed E-state index contributed by atoms with van der Waals surface area (Å²) in [6.07, 6.45) is 1.61. The Bertz CT molecular complexity index is 1390. The Morgan fingerprint density at radius 2 is 1.76 bits per heavy atom. The molecule has 122 valence electrons. The van der Waals surface area contributed by atoms with Crippen molar-refractivity contribution in [2.75, 3.05) is 0 Å².